The first-order valence-electron chi connectivity index (χ1n) is 15.3. The minimum Gasteiger partial charge on any atom is -0.395 e. The van der Waals surface area contributed by atoms with Crippen molar-refractivity contribution in [1.82, 2.24) is 4.90 Å². The lowest BCUT2D eigenvalue weighted by Gasteiger charge is -2.30. The largest absolute Gasteiger partial charge is 0.395 e. The number of nitrogens with zero attached hydrogens (tertiary/aromatic N) is 2. The maximum absolute atomic E-state index is 15.7. The molecule has 0 bridgehead atoms. The molecule has 2 saturated heterocycles. The molecule has 2 aliphatic rings. The number of halogens is 1. The second-order valence-corrected chi connectivity index (χ2v) is 16.1. The first-order valence-corrected chi connectivity index (χ1v) is 18.3. The Kier molecular flexibility index (Phi) is 11.1. The van der Waals surface area contributed by atoms with Crippen LogP contribution in [0.5, 0.6) is 0 Å². The van der Waals surface area contributed by atoms with E-state index in [4.69, 9.17) is 4.74 Å². The van der Waals surface area contributed by atoms with Gasteiger partial charge in [-0.25, -0.2) is 0 Å². The molecule has 2 amide bonds. The molecule has 41 heavy (non-hydrogen) atoms. The maximum Gasteiger partial charge on any atom is 0.246 e. The van der Waals surface area contributed by atoms with Gasteiger partial charge >= 0.3 is 0 Å². The van der Waals surface area contributed by atoms with Crippen LogP contribution in [0, 0.1) is 5.92 Å². The number of carbonyl (C=O) groups is 2. The van der Waals surface area contributed by atoms with E-state index in [1.807, 2.05) is 47.4 Å². The Morgan fingerprint density at radius 1 is 1.05 bits per heavy atom. The van der Waals surface area contributed by atoms with Crippen molar-refractivity contribution in [2.45, 2.75) is 95.7 Å². The van der Waals surface area contributed by atoms with Crippen LogP contribution in [0.25, 0.3) is 0 Å². The van der Waals surface area contributed by atoms with Crippen molar-refractivity contribution in [1.29, 1.82) is 0 Å². The summed E-state index contributed by atoms with van der Waals surface area (Å²) < 4.78 is 22.2. The molecule has 6 nitrogen and oxygen atoms in total. The summed E-state index contributed by atoms with van der Waals surface area (Å²) in [5, 5.41) is 9.61. The highest BCUT2D eigenvalue weighted by Gasteiger charge is 2.51. The lowest BCUT2D eigenvalue weighted by Crippen LogP contribution is -2.40. The molecule has 4 rings (SSSR count). The molecule has 2 aromatic carbocycles. The van der Waals surface area contributed by atoms with Crippen LogP contribution >= 0.6 is 0 Å². The van der Waals surface area contributed by atoms with Crippen molar-refractivity contribution in [3.63, 3.8) is 0 Å². The standard InChI is InChI=1S/C33H47FN2O4Si/c1-25-29(18-17-26-14-11-15-28(22-26)36-19-10-5-4-9-16-31(36)38)40-30(33(25)41(2,3)34)23-32(39)35(20-21-37)24-27-12-7-6-8-13-27/h6-8,11-15,22,25,29-30,33,37H,4-5,9-10,16-21,23-24H2,1-3H3/t25-,29+,30-,33+/m0/s1. The Labute approximate surface area is 246 Å². The van der Waals surface area contributed by atoms with Gasteiger partial charge in [0.15, 0.2) is 0 Å². The molecule has 0 unspecified atom stereocenters. The third-order valence-corrected chi connectivity index (χ3v) is 11.3. The number of benzene rings is 2. The molecular formula is C33H47FN2O4Si. The number of aryl methyl sites for hydroxylation is 1. The number of ether oxygens (including phenoxy) is 1. The van der Waals surface area contributed by atoms with Gasteiger partial charge in [0.05, 0.1) is 25.2 Å². The topological polar surface area (TPSA) is 70.1 Å². The molecule has 8 heteroatoms. The van der Waals surface area contributed by atoms with E-state index in [1.165, 1.54) is 0 Å². The first-order chi connectivity index (χ1) is 19.7. The van der Waals surface area contributed by atoms with Crippen LogP contribution in [0.3, 0.4) is 0 Å². The molecule has 4 atom stereocenters. The lowest BCUT2D eigenvalue weighted by molar-refractivity contribution is -0.135. The molecule has 224 valence electrons. The number of hydrogen-bond acceptors (Lipinski definition) is 4. The third kappa shape index (κ3) is 8.49. The number of anilines is 1. The van der Waals surface area contributed by atoms with Crippen molar-refractivity contribution < 1.29 is 23.5 Å². The molecule has 0 saturated carbocycles. The van der Waals surface area contributed by atoms with Gasteiger partial charge in [-0.1, -0.05) is 62.2 Å². The third-order valence-electron chi connectivity index (χ3n) is 8.77. The van der Waals surface area contributed by atoms with E-state index in [0.717, 1.165) is 61.9 Å². The quantitative estimate of drug-likeness (QED) is 0.250. The molecule has 0 aromatic heterocycles. The molecule has 2 aliphatic heterocycles. The molecule has 2 heterocycles. The van der Waals surface area contributed by atoms with Gasteiger partial charge in [0.25, 0.3) is 0 Å². The minimum atomic E-state index is -3.13. The Morgan fingerprint density at radius 3 is 2.51 bits per heavy atom. The smallest absolute Gasteiger partial charge is 0.246 e. The highest BCUT2D eigenvalue weighted by Crippen LogP contribution is 2.47. The monoisotopic (exact) mass is 582 g/mol. The highest BCUT2D eigenvalue weighted by molar-refractivity contribution is 6.72. The molecule has 0 radical (unpaired) electrons. The van der Waals surface area contributed by atoms with Crippen molar-refractivity contribution in [3.05, 3.63) is 65.7 Å². The number of aliphatic hydroxyl groups excluding tert-OH is 1. The fraction of sp³-hybridized carbons (Fsp3) is 0.576. The first kappa shape index (κ1) is 31.4. The van der Waals surface area contributed by atoms with E-state index in [1.54, 1.807) is 18.0 Å². The number of amides is 2. The van der Waals surface area contributed by atoms with Crippen molar-refractivity contribution in [3.8, 4) is 0 Å². The van der Waals surface area contributed by atoms with Crippen LogP contribution in [-0.2, 0) is 27.3 Å². The summed E-state index contributed by atoms with van der Waals surface area (Å²) in [6, 6.07) is 17.9. The molecule has 2 fully saturated rings. The summed E-state index contributed by atoms with van der Waals surface area (Å²) in [5.41, 5.74) is 2.80. The average molecular weight is 583 g/mol. The van der Waals surface area contributed by atoms with E-state index in [9.17, 15) is 14.7 Å². The van der Waals surface area contributed by atoms with Crippen LogP contribution in [0.15, 0.2) is 54.6 Å². The van der Waals surface area contributed by atoms with Crippen molar-refractivity contribution >= 4 is 25.9 Å². The number of aliphatic hydroxyl groups is 1. The van der Waals surface area contributed by atoms with Crippen LogP contribution in [-0.4, -0.2) is 62.1 Å². The summed E-state index contributed by atoms with van der Waals surface area (Å²) >= 11 is 0. The fourth-order valence-corrected chi connectivity index (χ4v) is 9.26. The summed E-state index contributed by atoms with van der Waals surface area (Å²) in [5.74, 6) is 0.0798. The Bertz CT molecular complexity index is 1140. The maximum atomic E-state index is 15.7. The SMILES string of the molecule is C[C@@H]1[C@@H]([Si](C)(C)F)[C@H](CC(=O)N(CCO)Cc2ccccc2)O[C@@H]1CCc1cccc(N2CCCCCCC2=O)c1. The molecular weight excluding hydrogens is 535 g/mol. The van der Waals surface area contributed by atoms with Gasteiger partial charge < -0.3 is 23.8 Å². The van der Waals surface area contributed by atoms with Gasteiger partial charge in [-0.2, -0.15) is 0 Å². The predicted octanol–water partition coefficient (Wildman–Crippen LogP) is 6.28. The average Bonchev–Trinajstić information content (AvgIpc) is 3.25. The second-order valence-electron chi connectivity index (χ2n) is 12.3. The normalized spacial score (nSPS) is 23.7. The van der Waals surface area contributed by atoms with E-state index < -0.39 is 14.5 Å². The summed E-state index contributed by atoms with van der Waals surface area (Å²) in [6.07, 6.45) is 5.84. The Balaban J connectivity index is 1.42. The van der Waals surface area contributed by atoms with E-state index >= 15 is 4.11 Å². The molecule has 1 N–H and O–H groups in total. The van der Waals surface area contributed by atoms with E-state index in [-0.39, 0.29) is 48.9 Å². The van der Waals surface area contributed by atoms with Crippen LogP contribution in [0.1, 0.15) is 63.0 Å². The fourth-order valence-electron chi connectivity index (χ4n) is 6.72. The zero-order valence-corrected chi connectivity index (χ0v) is 25.9. The molecule has 0 spiro atoms. The number of hydrogen-bond donors (Lipinski definition) is 1. The number of carbonyl (C=O) groups excluding carboxylic acids is 2. The van der Waals surface area contributed by atoms with Crippen molar-refractivity contribution in [2.75, 3.05) is 24.6 Å². The molecule has 0 aliphatic carbocycles. The van der Waals surface area contributed by atoms with Gasteiger partial charge in [0.2, 0.25) is 20.2 Å². The zero-order valence-electron chi connectivity index (χ0n) is 24.9. The van der Waals surface area contributed by atoms with Crippen LogP contribution in [0.2, 0.25) is 18.6 Å². The van der Waals surface area contributed by atoms with Crippen LogP contribution < -0.4 is 4.90 Å². The van der Waals surface area contributed by atoms with E-state index in [2.05, 4.69) is 19.1 Å². The summed E-state index contributed by atoms with van der Waals surface area (Å²) in [7, 11) is -3.13. The van der Waals surface area contributed by atoms with Crippen LogP contribution in [0.4, 0.5) is 9.80 Å². The molecule has 2 aromatic rings. The van der Waals surface area contributed by atoms with Gasteiger partial charge in [0, 0.05) is 37.3 Å². The highest BCUT2D eigenvalue weighted by atomic mass is 28.4. The number of rotatable bonds is 11. The van der Waals surface area contributed by atoms with Crippen molar-refractivity contribution in [2.24, 2.45) is 5.92 Å². The van der Waals surface area contributed by atoms with Gasteiger partial charge in [-0.05, 0) is 68.0 Å². The predicted molar refractivity (Wildman–Crippen MR) is 164 cm³/mol. The van der Waals surface area contributed by atoms with Gasteiger partial charge in [-0.15, -0.1) is 0 Å². The Hall–Kier alpha value is -2.55. The summed E-state index contributed by atoms with van der Waals surface area (Å²) in [6.45, 7) is 6.78. The Morgan fingerprint density at radius 2 is 1.78 bits per heavy atom. The van der Waals surface area contributed by atoms with Gasteiger partial charge in [-0.3, -0.25) is 9.59 Å². The van der Waals surface area contributed by atoms with E-state index in [0.29, 0.717) is 13.0 Å². The van der Waals surface area contributed by atoms with Gasteiger partial charge in [0.1, 0.15) is 0 Å². The second kappa shape index (κ2) is 14.6. The summed E-state index contributed by atoms with van der Waals surface area (Å²) in [4.78, 5) is 29.8. The minimum absolute atomic E-state index is 0.000927. The lowest BCUT2D eigenvalue weighted by atomic mass is 9.95. The zero-order chi connectivity index (χ0) is 29.4.